The molecule has 7 nitrogen and oxygen atoms in total. The zero-order valence-corrected chi connectivity index (χ0v) is 20.2. The van der Waals surface area contributed by atoms with Gasteiger partial charge in [-0.3, -0.25) is 14.9 Å². The van der Waals surface area contributed by atoms with Gasteiger partial charge in [0.1, 0.15) is 17.5 Å². The van der Waals surface area contributed by atoms with Crippen molar-refractivity contribution in [3.8, 4) is 11.1 Å². The van der Waals surface area contributed by atoms with Crippen LogP contribution in [0.4, 0.5) is 32.0 Å². The number of allylic oxidation sites excluding steroid dienone is 3. The molecule has 1 aliphatic carbocycles. The molecule has 0 saturated carbocycles. The third kappa shape index (κ3) is 4.69. The first kappa shape index (κ1) is 28.3. The highest BCUT2D eigenvalue weighted by Gasteiger charge is 2.63. The van der Waals surface area contributed by atoms with Gasteiger partial charge in [-0.15, -0.1) is 0 Å². The maximum atomic E-state index is 15.7. The first-order valence-corrected chi connectivity index (χ1v) is 11.8. The van der Waals surface area contributed by atoms with Crippen molar-refractivity contribution < 1.29 is 50.6 Å². The van der Waals surface area contributed by atoms with E-state index in [4.69, 9.17) is 9.47 Å². The highest BCUT2D eigenvalue weighted by Crippen LogP contribution is 2.51. The lowest BCUT2D eigenvalue weighted by Crippen LogP contribution is -2.56. The predicted molar refractivity (Wildman–Crippen MR) is 125 cm³/mol. The van der Waals surface area contributed by atoms with Gasteiger partial charge in [0, 0.05) is 17.1 Å². The van der Waals surface area contributed by atoms with Gasteiger partial charge in [0.15, 0.2) is 12.5 Å². The first-order valence-electron chi connectivity index (χ1n) is 11.8. The Morgan fingerprint density at radius 3 is 2.26 bits per heavy atom. The second-order valence-corrected chi connectivity index (χ2v) is 9.15. The zero-order chi connectivity index (χ0) is 28.6. The molecule has 1 fully saturated rings. The molecule has 0 amide bonds. The Bertz CT molecular complexity index is 1360. The first-order chi connectivity index (χ1) is 18.4. The summed E-state index contributed by atoms with van der Waals surface area (Å²) >= 11 is 0. The SMILES string of the molecule is CCCC1COC(C2(C(=O)O)C(F)=CC(c3c(F)cccc3-c3cc(F)c([N+](=O)[O-])c(F)c3)=C(F)C2F)OC1. The van der Waals surface area contributed by atoms with Crippen LogP contribution >= 0.6 is 0 Å². The van der Waals surface area contributed by atoms with Crippen molar-refractivity contribution in [2.24, 2.45) is 11.3 Å². The average Bonchev–Trinajstić information content (AvgIpc) is 2.87. The van der Waals surface area contributed by atoms with Crippen molar-refractivity contribution in [1.29, 1.82) is 0 Å². The molecule has 39 heavy (non-hydrogen) atoms. The number of carboxylic acid groups (broad SMARTS) is 1. The van der Waals surface area contributed by atoms with Gasteiger partial charge < -0.3 is 14.6 Å². The maximum Gasteiger partial charge on any atom is 0.340 e. The summed E-state index contributed by atoms with van der Waals surface area (Å²) in [5, 5.41) is 20.8. The van der Waals surface area contributed by atoms with Crippen LogP contribution in [0.15, 0.2) is 48.1 Å². The zero-order valence-electron chi connectivity index (χ0n) is 20.2. The highest BCUT2D eigenvalue weighted by atomic mass is 19.2. The minimum Gasteiger partial charge on any atom is -0.480 e. The standard InChI is InChI=1S/C26H21F6NO6/c1-2-4-12-10-38-25(39-11-12)26(24(34)35)19(30)9-15(21(31)23(26)32)20-14(5-3-6-16(20)27)13-7-17(28)22(33(36)37)18(29)8-13/h3,5-9,12,23,25H,2,4,10-11H2,1H3,(H,34,35). The molecule has 0 spiro atoms. The Morgan fingerprint density at radius 1 is 1.10 bits per heavy atom. The smallest absolute Gasteiger partial charge is 0.340 e. The van der Waals surface area contributed by atoms with Gasteiger partial charge in [-0.25, -0.2) is 17.6 Å². The summed E-state index contributed by atoms with van der Waals surface area (Å²) in [6, 6.07) is 3.82. The summed E-state index contributed by atoms with van der Waals surface area (Å²) in [7, 11) is 0. The number of alkyl halides is 1. The van der Waals surface area contributed by atoms with E-state index in [0.717, 1.165) is 24.6 Å². The van der Waals surface area contributed by atoms with Gasteiger partial charge in [-0.2, -0.15) is 8.78 Å². The number of nitrogens with zero attached hydrogens (tertiary/aromatic N) is 1. The molecule has 0 bridgehead atoms. The van der Waals surface area contributed by atoms with Crippen LogP contribution in [0.2, 0.25) is 0 Å². The van der Waals surface area contributed by atoms with Crippen molar-refractivity contribution in [1.82, 2.24) is 0 Å². The lowest BCUT2D eigenvalue weighted by molar-refractivity contribution is -0.390. The second kappa shape index (κ2) is 10.8. The lowest BCUT2D eigenvalue weighted by atomic mass is 9.74. The topological polar surface area (TPSA) is 98.9 Å². The number of carbonyl (C=O) groups is 1. The molecule has 2 aliphatic rings. The van der Waals surface area contributed by atoms with Gasteiger partial charge in [-0.1, -0.05) is 25.5 Å². The Kier molecular flexibility index (Phi) is 7.84. The molecule has 1 heterocycles. The number of rotatable bonds is 7. The Balaban J connectivity index is 1.83. The van der Waals surface area contributed by atoms with Crippen LogP contribution < -0.4 is 0 Å². The normalized spacial score (nSPS) is 25.4. The molecule has 1 aliphatic heterocycles. The van der Waals surface area contributed by atoms with Gasteiger partial charge in [0.25, 0.3) is 0 Å². The summed E-state index contributed by atoms with van der Waals surface area (Å²) in [5.74, 6) is -10.5. The quantitative estimate of drug-likeness (QED) is 0.240. The lowest BCUT2D eigenvalue weighted by Gasteiger charge is -2.42. The van der Waals surface area contributed by atoms with E-state index in [1.807, 2.05) is 6.92 Å². The van der Waals surface area contributed by atoms with E-state index in [9.17, 15) is 28.8 Å². The monoisotopic (exact) mass is 557 g/mol. The van der Waals surface area contributed by atoms with E-state index in [0.29, 0.717) is 18.6 Å². The molecule has 2 unspecified atom stereocenters. The van der Waals surface area contributed by atoms with E-state index in [1.165, 1.54) is 0 Å². The summed E-state index contributed by atoms with van der Waals surface area (Å²) in [6.07, 6.45) is -3.67. The van der Waals surface area contributed by atoms with E-state index < -0.39 is 85.8 Å². The number of nitro benzene ring substituents is 1. The van der Waals surface area contributed by atoms with Crippen molar-refractivity contribution in [3.63, 3.8) is 0 Å². The van der Waals surface area contributed by atoms with Crippen LogP contribution in [0.5, 0.6) is 0 Å². The van der Waals surface area contributed by atoms with Crippen LogP contribution in [0.3, 0.4) is 0 Å². The number of halogens is 6. The summed E-state index contributed by atoms with van der Waals surface area (Å²) < 4.78 is 101. The third-order valence-electron chi connectivity index (χ3n) is 6.73. The van der Waals surface area contributed by atoms with E-state index in [-0.39, 0.29) is 25.2 Å². The van der Waals surface area contributed by atoms with Crippen molar-refractivity contribution in [2.45, 2.75) is 32.2 Å². The van der Waals surface area contributed by atoms with Crippen molar-refractivity contribution in [2.75, 3.05) is 13.2 Å². The van der Waals surface area contributed by atoms with Crippen LogP contribution in [0, 0.1) is 38.9 Å². The number of hydrogen-bond acceptors (Lipinski definition) is 5. The van der Waals surface area contributed by atoms with Crippen LogP contribution in [-0.2, 0) is 14.3 Å². The molecular weight excluding hydrogens is 536 g/mol. The third-order valence-corrected chi connectivity index (χ3v) is 6.73. The summed E-state index contributed by atoms with van der Waals surface area (Å²) in [5.41, 5.74) is -7.68. The largest absolute Gasteiger partial charge is 0.480 e. The molecule has 2 atom stereocenters. The van der Waals surface area contributed by atoms with Crippen LogP contribution in [0.25, 0.3) is 16.7 Å². The Hall–Kier alpha value is -3.71. The number of benzene rings is 2. The van der Waals surface area contributed by atoms with Gasteiger partial charge in [-0.05, 0) is 41.8 Å². The average molecular weight is 557 g/mol. The van der Waals surface area contributed by atoms with Gasteiger partial charge in [0.05, 0.1) is 18.1 Å². The fourth-order valence-electron chi connectivity index (χ4n) is 4.82. The highest BCUT2D eigenvalue weighted by molar-refractivity contribution is 5.92. The Labute approximate surface area is 217 Å². The molecule has 1 saturated heterocycles. The van der Waals surface area contributed by atoms with Crippen molar-refractivity contribution in [3.05, 3.63) is 81.2 Å². The van der Waals surface area contributed by atoms with Crippen LogP contribution in [-0.4, -0.2) is 41.7 Å². The molecule has 208 valence electrons. The summed E-state index contributed by atoms with van der Waals surface area (Å²) in [6.45, 7) is 1.69. The van der Waals surface area contributed by atoms with E-state index in [2.05, 4.69) is 0 Å². The molecule has 2 aromatic rings. The van der Waals surface area contributed by atoms with E-state index >= 15 is 17.6 Å². The minimum absolute atomic E-state index is 0.0968. The second-order valence-electron chi connectivity index (χ2n) is 9.15. The van der Waals surface area contributed by atoms with Gasteiger partial charge >= 0.3 is 11.7 Å². The number of aliphatic carboxylic acids is 1. The van der Waals surface area contributed by atoms with Gasteiger partial charge in [0.2, 0.25) is 17.0 Å². The molecule has 1 N–H and O–H groups in total. The molecule has 2 aromatic carbocycles. The number of nitro groups is 1. The molecule has 4 rings (SSSR count). The van der Waals surface area contributed by atoms with Crippen LogP contribution in [0.1, 0.15) is 25.3 Å². The summed E-state index contributed by atoms with van der Waals surface area (Å²) in [4.78, 5) is 21.8. The number of hydrogen-bond donors (Lipinski definition) is 1. The fourth-order valence-corrected chi connectivity index (χ4v) is 4.82. The number of carboxylic acids is 1. The molecule has 13 heteroatoms. The molecule has 0 radical (unpaired) electrons. The maximum absolute atomic E-state index is 15.7. The van der Waals surface area contributed by atoms with E-state index in [1.54, 1.807) is 0 Å². The molecule has 0 aromatic heterocycles. The van der Waals surface area contributed by atoms with Crippen molar-refractivity contribution >= 4 is 17.2 Å². The predicted octanol–water partition coefficient (Wildman–Crippen LogP) is 6.43. The minimum atomic E-state index is -3.29. The fraction of sp³-hybridized carbons (Fsp3) is 0.346. The Morgan fingerprint density at radius 2 is 1.72 bits per heavy atom. The molecular formula is C26H21F6NO6. The number of ether oxygens (including phenoxy) is 2.